The molecule has 0 saturated heterocycles. The van der Waals surface area contributed by atoms with Crippen molar-refractivity contribution in [3.8, 4) is 0 Å². The molecule has 4 heteroatoms. The smallest absolute Gasteiger partial charge is 0.270 e. The minimum absolute atomic E-state index is 0.0603. The number of benzene rings is 1. The van der Waals surface area contributed by atoms with Gasteiger partial charge in [-0.3, -0.25) is 9.78 Å². The number of amides is 1. The van der Waals surface area contributed by atoms with Gasteiger partial charge in [0.2, 0.25) is 0 Å². The van der Waals surface area contributed by atoms with E-state index in [9.17, 15) is 4.79 Å². The van der Waals surface area contributed by atoms with E-state index >= 15 is 0 Å². The van der Waals surface area contributed by atoms with E-state index in [0.29, 0.717) is 12.2 Å². The molecule has 4 rings (SSSR count). The first kappa shape index (κ1) is 13.1. The van der Waals surface area contributed by atoms with Gasteiger partial charge < -0.3 is 9.88 Å². The summed E-state index contributed by atoms with van der Waals surface area (Å²) in [5.74, 6) is 0.0603. The molecule has 110 valence electrons. The van der Waals surface area contributed by atoms with Gasteiger partial charge in [0.05, 0.1) is 0 Å². The van der Waals surface area contributed by atoms with Crippen molar-refractivity contribution in [3.05, 3.63) is 65.1 Å². The van der Waals surface area contributed by atoms with Crippen molar-refractivity contribution >= 4 is 16.8 Å². The number of rotatable bonds is 1. The standard InChI is InChI=1S/C18H17N3O/c1-12-4-2-5-13-10-16(20-17(12)13)18(22)21-9-7-15-14(11-21)6-3-8-19-15/h2-6,8,10,20H,7,9,11H2,1H3. The second-order valence-electron chi connectivity index (χ2n) is 5.81. The average molecular weight is 291 g/mol. The number of para-hydroxylation sites is 1. The normalized spacial score (nSPS) is 14.1. The minimum Gasteiger partial charge on any atom is -0.350 e. The SMILES string of the molecule is Cc1cccc2cc(C(=O)N3CCc4ncccc4C3)[nH]c12. The van der Waals surface area contributed by atoms with Gasteiger partial charge >= 0.3 is 0 Å². The third kappa shape index (κ3) is 2.08. The van der Waals surface area contributed by atoms with E-state index < -0.39 is 0 Å². The van der Waals surface area contributed by atoms with Gasteiger partial charge in [-0.25, -0.2) is 0 Å². The van der Waals surface area contributed by atoms with Crippen LogP contribution in [-0.2, 0) is 13.0 Å². The predicted molar refractivity (Wildman–Crippen MR) is 85.7 cm³/mol. The number of pyridine rings is 1. The van der Waals surface area contributed by atoms with Crippen LogP contribution in [-0.4, -0.2) is 27.3 Å². The number of hydrogen-bond donors (Lipinski definition) is 1. The van der Waals surface area contributed by atoms with Crippen LogP contribution in [0.3, 0.4) is 0 Å². The Labute approximate surface area is 128 Å². The van der Waals surface area contributed by atoms with Gasteiger partial charge in [0.1, 0.15) is 5.69 Å². The van der Waals surface area contributed by atoms with Crippen LogP contribution < -0.4 is 0 Å². The maximum atomic E-state index is 12.8. The molecule has 0 unspecified atom stereocenters. The van der Waals surface area contributed by atoms with Gasteiger partial charge in [0.25, 0.3) is 5.91 Å². The van der Waals surface area contributed by atoms with E-state index in [4.69, 9.17) is 0 Å². The number of aryl methyl sites for hydroxylation is 1. The van der Waals surface area contributed by atoms with Crippen molar-refractivity contribution in [2.75, 3.05) is 6.54 Å². The molecule has 3 aromatic rings. The molecule has 2 aromatic heterocycles. The molecule has 3 heterocycles. The Balaban J connectivity index is 1.65. The van der Waals surface area contributed by atoms with E-state index in [-0.39, 0.29) is 5.91 Å². The average Bonchev–Trinajstić information content (AvgIpc) is 2.99. The van der Waals surface area contributed by atoms with Crippen molar-refractivity contribution < 1.29 is 4.79 Å². The van der Waals surface area contributed by atoms with E-state index in [1.807, 2.05) is 35.4 Å². The van der Waals surface area contributed by atoms with Gasteiger partial charge in [-0.1, -0.05) is 24.3 Å². The maximum Gasteiger partial charge on any atom is 0.270 e. The third-order valence-corrected chi connectivity index (χ3v) is 4.35. The second-order valence-corrected chi connectivity index (χ2v) is 5.81. The highest BCUT2D eigenvalue weighted by Gasteiger charge is 2.23. The predicted octanol–water partition coefficient (Wildman–Crippen LogP) is 3.07. The number of hydrogen-bond acceptors (Lipinski definition) is 2. The van der Waals surface area contributed by atoms with Gasteiger partial charge in [-0.2, -0.15) is 0 Å². The molecule has 1 aliphatic rings. The molecule has 1 aliphatic heterocycles. The van der Waals surface area contributed by atoms with E-state index in [2.05, 4.69) is 29.0 Å². The molecule has 0 aliphatic carbocycles. The first-order valence-electron chi connectivity index (χ1n) is 7.53. The molecule has 1 amide bonds. The van der Waals surface area contributed by atoms with E-state index in [1.54, 1.807) is 0 Å². The summed E-state index contributed by atoms with van der Waals surface area (Å²) in [6.07, 6.45) is 2.64. The lowest BCUT2D eigenvalue weighted by atomic mass is 10.1. The number of carbonyl (C=O) groups is 1. The zero-order valence-electron chi connectivity index (χ0n) is 12.5. The van der Waals surface area contributed by atoms with Crippen LogP contribution >= 0.6 is 0 Å². The lowest BCUT2D eigenvalue weighted by Crippen LogP contribution is -2.36. The molecule has 0 atom stereocenters. The molecular formula is C18H17N3O. The number of carbonyl (C=O) groups excluding carboxylic acids is 1. The van der Waals surface area contributed by atoms with Crippen LogP contribution in [0.5, 0.6) is 0 Å². The lowest BCUT2D eigenvalue weighted by Gasteiger charge is -2.27. The summed E-state index contributed by atoms with van der Waals surface area (Å²) < 4.78 is 0. The first-order chi connectivity index (χ1) is 10.7. The lowest BCUT2D eigenvalue weighted by molar-refractivity contribution is 0.0728. The molecule has 1 N–H and O–H groups in total. The zero-order chi connectivity index (χ0) is 15.1. The fourth-order valence-corrected chi connectivity index (χ4v) is 3.13. The molecule has 0 fully saturated rings. The Morgan fingerprint density at radius 2 is 2.18 bits per heavy atom. The molecule has 0 saturated carbocycles. The molecule has 22 heavy (non-hydrogen) atoms. The van der Waals surface area contributed by atoms with Crippen molar-refractivity contribution in [1.82, 2.24) is 14.9 Å². The maximum absolute atomic E-state index is 12.8. The number of nitrogens with one attached hydrogen (secondary N) is 1. The van der Waals surface area contributed by atoms with Gasteiger partial charge in [-0.05, 0) is 30.2 Å². The molecule has 1 aromatic carbocycles. The summed E-state index contributed by atoms with van der Waals surface area (Å²) in [5, 5.41) is 1.09. The quantitative estimate of drug-likeness (QED) is 0.749. The van der Waals surface area contributed by atoms with E-state index in [0.717, 1.165) is 40.7 Å². The van der Waals surface area contributed by atoms with Crippen molar-refractivity contribution in [1.29, 1.82) is 0 Å². The van der Waals surface area contributed by atoms with Crippen molar-refractivity contribution in [2.24, 2.45) is 0 Å². The Morgan fingerprint density at radius 1 is 1.27 bits per heavy atom. The minimum atomic E-state index is 0.0603. The zero-order valence-corrected chi connectivity index (χ0v) is 12.5. The molecule has 0 spiro atoms. The number of nitrogens with zero attached hydrogens (tertiary/aromatic N) is 2. The number of fused-ring (bicyclic) bond motifs is 2. The van der Waals surface area contributed by atoms with Crippen molar-refractivity contribution in [2.45, 2.75) is 19.9 Å². The Kier molecular flexibility index (Phi) is 2.96. The number of aromatic nitrogens is 2. The largest absolute Gasteiger partial charge is 0.350 e. The van der Waals surface area contributed by atoms with Gasteiger partial charge in [0, 0.05) is 42.3 Å². The summed E-state index contributed by atoms with van der Waals surface area (Å²) in [5.41, 5.74) is 5.12. The highest BCUT2D eigenvalue weighted by Crippen LogP contribution is 2.22. The van der Waals surface area contributed by atoms with Crippen LogP contribution in [0.1, 0.15) is 27.3 Å². The summed E-state index contributed by atoms with van der Waals surface area (Å²) in [7, 11) is 0. The highest BCUT2D eigenvalue weighted by molar-refractivity contribution is 5.98. The molecule has 4 nitrogen and oxygen atoms in total. The fourth-order valence-electron chi connectivity index (χ4n) is 3.13. The Hall–Kier alpha value is -2.62. The first-order valence-corrected chi connectivity index (χ1v) is 7.53. The van der Waals surface area contributed by atoms with Crippen LogP contribution in [0.4, 0.5) is 0 Å². The number of aromatic amines is 1. The Morgan fingerprint density at radius 3 is 3.05 bits per heavy atom. The van der Waals surface area contributed by atoms with Crippen LogP contribution in [0.2, 0.25) is 0 Å². The Bertz CT molecular complexity index is 866. The summed E-state index contributed by atoms with van der Waals surface area (Å²) in [6.45, 7) is 3.41. The third-order valence-electron chi connectivity index (χ3n) is 4.35. The van der Waals surface area contributed by atoms with Crippen LogP contribution in [0.15, 0.2) is 42.6 Å². The van der Waals surface area contributed by atoms with Crippen molar-refractivity contribution in [3.63, 3.8) is 0 Å². The number of H-pyrrole nitrogens is 1. The molecule has 0 bridgehead atoms. The van der Waals surface area contributed by atoms with Crippen LogP contribution in [0.25, 0.3) is 10.9 Å². The molecule has 0 radical (unpaired) electrons. The summed E-state index contributed by atoms with van der Waals surface area (Å²) in [4.78, 5) is 22.3. The van der Waals surface area contributed by atoms with Crippen LogP contribution in [0, 0.1) is 6.92 Å². The van der Waals surface area contributed by atoms with E-state index in [1.165, 1.54) is 0 Å². The van der Waals surface area contributed by atoms with Gasteiger partial charge in [0.15, 0.2) is 0 Å². The second kappa shape index (κ2) is 4.98. The fraction of sp³-hybridized carbons (Fsp3) is 0.222. The monoisotopic (exact) mass is 291 g/mol. The highest BCUT2D eigenvalue weighted by atomic mass is 16.2. The van der Waals surface area contributed by atoms with Gasteiger partial charge in [-0.15, -0.1) is 0 Å². The summed E-state index contributed by atoms with van der Waals surface area (Å²) >= 11 is 0. The summed E-state index contributed by atoms with van der Waals surface area (Å²) in [6, 6.07) is 12.0. The molecular weight excluding hydrogens is 274 g/mol. The topological polar surface area (TPSA) is 49.0 Å².